The first-order chi connectivity index (χ1) is 18.9. The highest BCUT2D eigenvalue weighted by Crippen LogP contribution is 2.43. The van der Waals surface area contributed by atoms with Crippen LogP contribution in [-0.2, 0) is 16.1 Å². The molecule has 1 aromatic heterocycles. The lowest BCUT2D eigenvalue weighted by Gasteiger charge is -2.30. The number of fused-ring (bicyclic) bond motifs is 1. The molecule has 2 aromatic carbocycles. The van der Waals surface area contributed by atoms with Crippen molar-refractivity contribution in [2.24, 2.45) is 5.92 Å². The topological polar surface area (TPSA) is 122 Å². The van der Waals surface area contributed by atoms with Gasteiger partial charge in [-0.05, 0) is 67.5 Å². The largest absolute Gasteiger partial charge is 0.399 e. The number of amides is 2. The van der Waals surface area contributed by atoms with E-state index in [-0.39, 0.29) is 24.4 Å². The predicted molar refractivity (Wildman–Crippen MR) is 151 cm³/mol. The number of nitrogens with one attached hydrogen (secondary N) is 2. The van der Waals surface area contributed by atoms with Crippen LogP contribution >= 0.6 is 0 Å². The molecule has 204 valence electrons. The lowest BCUT2D eigenvalue weighted by atomic mass is 10.0. The smallest absolute Gasteiger partial charge is 0.251 e. The highest BCUT2D eigenvalue weighted by molar-refractivity contribution is 5.94. The zero-order valence-corrected chi connectivity index (χ0v) is 22.5. The molecular weight excluding hydrogens is 492 g/mol. The van der Waals surface area contributed by atoms with Gasteiger partial charge in [-0.2, -0.15) is 0 Å². The maximum Gasteiger partial charge on any atom is 0.251 e. The molecule has 0 spiro atoms. The van der Waals surface area contributed by atoms with E-state index in [0.717, 1.165) is 42.6 Å². The second-order valence-electron chi connectivity index (χ2n) is 10.3. The maximum atomic E-state index is 13.1. The highest BCUT2D eigenvalue weighted by atomic mass is 16.5. The third-order valence-electron chi connectivity index (χ3n) is 7.71. The molecule has 9 nitrogen and oxygen atoms in total. The van der Waals surface area contributed by atoms with Crippen LogP contribution < -0.4 is 21.3 Å². The van der Waals surface area contributed by atoms with Crippen LogP contribution in [0.3, 0.4) is 0 Å². The Bertz CT molecular complexity index is 1310. The quantitative estimate of drug-likeness (QED) is 0.287. The molecule has 2 amide bonds. The van der Waals surface area contributed by atoms with Gasteiger partial charge in [0.25, 0.3) is 5.91 Å². The zero-order chi connectivity index (χ0) is 27.4. The van der Waals surface area contributed by atoms with Gasteiger partial charge >= 0.3 is 0 Å². The van der Waals surface area contributed by atoms with Gasteiger partial charge in [-0.3, -0.25) is 9.59 Å². The van der Waals surface area contributed by atoms with Gasteiger partial charge < -0.3 is 26.0 Å². The summed E-state index contributed by atoms with van der Waals surface area (Å²) >= 11 is 0. The van der Waals surface area contributed by atoms with Crippen molar-refractivity contribution >= 4 is 23.3 Å². The number of hydrogen-bond donors (Lipinski definition) is 3. The number of carbonyl (C=O) groups is 2. The Morgan fingerprint density at radius 3 is 2.46 bits per heavy atom. The predicted octanol–water partition coefficient (Wildman–Crippen LogP) is 3.47. The fourth-order valence-electron chi connectivity index (χ4n) is 5.84. The monoisotopic (exact) mass is 528 g/mol. The van der Waals surface area contributed by atoms with Crippen LogP contribution in [-0.4, -0.2) is 54.1 Å². The first-order valence-electron chi connectivity index (χ1n) is 13.6. The van der Waals surface area contributed by atoms with Gasteiger partial charge in [0, 0.05) is 37.0 Å². The van der Waals surface area contributed by atoms with Gasteiger partial charge in [0.05, 0.1) is 18.8 Å². The van der Waals surface area contributed by atoms with Gasteiger partial charge in [0.2, 0.25) is 5.91 Å². The van der Waals surface area contributed by atoms with E-state index in [0.29, 0.717) is 47.9 Å². The van der Waals surface area contributed by atoms with Gasteiger partial charge in [0.15, 0.2) is 0 Å². The van der Waals surface area contributed by atoms with Crippen molar-refractivity contribution in [2.45, 2.75) is 51.2 Å². The summed E-state index contributed by atoms with van der Waals surface area (Å²) in [7, 11) is 1.62. The molecule has 2 fully saturated rings. The Hall–Kier alpha value is -3.98. The second kappa shape index (κ2) is 11.8. The van der Waals surface area contributed by atoms with Crippen molar-refractivity contribution in [1.82, 2.24) is 20.6 Å². The first-order valence-corrected chi connectivity index (χ1v) is 13.6. The van der Waals surface area contributed by atoms with Gasteiger partial charge in [-0.1, -0.05) is 30.7 Å². The molecule has 2 heterocycles. The van der Waals surface area contributed by atoms with E-state index in [4.69, 9.17) is 15.5 Å². The van der Waals surface area contributed by atoms with Crippen molar-refractivity contribution in [3.8, 4) is 11.1 Å². The van der Waals surface area contributed by atoms with Gasteiger partial charge in [-0.25, -0.2) is 9.97 Å². The van der Waals surface area contributed by atoms with Crippen LogP contribution in [0.15, 0.2) is 54.6 Å². The molecule has 3 atom stereocenters. The molecule has 0 bridgehead atoms. The SMILES string of the molecule is COCCNC(=O)[C@@H]1C[C@@H]2CCC[C@@H]2N1c1cc(CNC(=O)c2ccc(-c3ccc(N)cc3)cc2)nc(C)n1. The van der Waals surface area contributed by atoms with Crippen LogP contribution in [0.1, 0.15) is 47.6 Å². The molecule has 2 aliphatic rings. The maximum absolute atomic E-state index is 13.1. The number of nitrogen functional groups attached to an aromatic ring is 1. The molecule has 5 rings (SSSR count). The number of benzene rings is 2. The Morgan fingerprint density at radius 2 is 1.74 bits per heavy atom. The number of aromatic nitrogens is 2. The van der Waals surface area contributed by atoms with Crippen LogP contribution in [0.2, 0.25) is 0 Å². The molecule has 1 aliphatic carbocycles. The van der Waals surface area contributed by atoms with Crippen LogP contribution in [0.5, 0.6) is 0 Å². The molecule has 39 heavy (non-hydrogen) atoms. The second-order valence-corrected chi connectivity index (χ2v) is 10.3. The lowest BCUT2D eigenvalue weighted by molar-refractivity contribution is -0.122. The van der Waals surface area contributed by atoms with E-state index >= 15 is 0 Å². The van der Waals surface area contributed by atoms with Crippen molar-refractivity contribution in [2.75, 3.05) is 30.9 Å². The number of rotatable bonds is 9. The van der Waals surface area contributed by atoms with E-state index in [1.54, 1.807) is 7.11 Å². The van der Waals surface area contributed by atoms with E-state index < -0.39 is 0 Å². The summed E-state index contributed by atoms with van der Waals surface area (Å²) in [6.07, 6.45) is 4.17. The van der Waals surface area contributed by atoms with E-state index in [1.165, 1.54) is 0 Å². The number of nitrogens with two attached hydrogens (primary N) is 1. The van der Waals surface area contributed by atoms with Crippen LogP contribution in [0, 0.1) is 12.8 Å². The zero-order valence-electron chi connectivity index (χ0n) is 22.5. The lowest BCUT2D eigenvalue weighted by Crippen LogP contribution is -2.47. The fourth-order valence-corrected chi connectivity index (χ4v) is 5.84. The minimum Gasteiger partial charge on any atom is -0.399 e. The molecule has 4 N–H and O–H groups in total. The number of methoxy groups -OCH3 is 1. The number of anilines is 2. The molecule has 3 aromatic rings. The molecule has 1 aliphatic heterocycles. The van der Waals surface area contributed by atoms with E-state index in [1.807, 2.05) is 61.5 Å². The summed E-state index contributed by atoms with van der Waals surface area (Å²) in [5.74, 6) is 1.68. The normalized spacial score (nSPS) is 20.1. The molecule has 1 saturated carbocycles. The summed E-state index contributed by atoms with van der Waals surface area (Å²) in [5, 5.41) is 5.99. The fraction of sp³-hybridized carbons (Fsp3) is 0.400. The van der Waals surface area contributed by atoms with Gasteiger partial charge in [-0.15, -0.1) is 0 Å². The Morgan fingerprint density at radius 1 is 1.03 bits per heavy atom. The van der Waals surface area contributed by atoms with E-state index in [2.05, 4.69) is 20.5 Å². The third-order valence-corrected chi connectivity index (χ3v) is 7.71. The van der Waals surface area contributed by atoms with Crippen molar-refractivity contribution in [3.05, 3.63) is 71.7 Å². The van der Waals surface area contributed by atoms with Crippen LogP contribution in [0.4, 0.5) is 11.5 Å². The van der Waals surface area contributed by atoms with E-state index in [9.17, 15) is 9.59 Å². The number of aryl methyl sites for hydroxylation is 1. The molecule has 1 saturated heterocycles. The average molecular weight is 529 g/mol. The molecular formula is C30H36N6O3. The standard InChI is InChI=1S/C30H36N6O3/c1-19-34-25(18-33-29(37)22-8-6-20(7-9-22)21-10-12-24(31)13-11-21)17-28(35-19)36-26-5-3-4-23(26)16-27(36)30(38)32-14-15-39-2/h6-13,17,23,26-27H,3-5,14-16,18,31H2,1-2H3,(H,32,38)(H,33,37)/t23-,26-,27-/m0/s1. The average Bonchev–Trinajstić information content (AvgIpc) is 3.54. The number of hydrogen-bond acceptors (Lipinski definition) is 7. The summed E-state index contributed by atoms with van der Waals surface area (Å²) in [5.41, 5.74) is 9.83. The highest BCUT2D eigenvalue weighted by Gasteiger charge is 2.47. The first kappa shape index (κ1) is 26.6. The minimum atomic E-state index is -0.270. The van der Waals surface area contributed by atoms with Crippen molar-refractivity contribution < 1.29 is 14.3 Å². The summed E-state index contributed by atoms with van der Waals surface area (Å²) in [6, 6.07) is 17.1. The summed E-state index contributed by atoms with van der Waals surface area (Å²) in [4.78, 5) is 37.5. The number of carbonyl (C=O) groups excluding carboxylic acids is 2. The Labute approximate surface area is 229 Å². The summed E-state index contributed by atoms with van der Waals surface area (Å²) in [6.45, 7) is 3.07. The van der Waals surface area contributed by atoms with Crippen molar-refractivity contribution in [3.63, 3.8) is 0 Å². The third kappa shape index (κ3) is 6.04. The number of nitrogens with zero attached hydrogens (tertiary/aromatic N) is 3. The molecule has 0 unspecified atom stereocenters. The van der Waals surface area contributed by atoms with Crippen molar-refractivity contribution in [1.29, 1.82) is 0 Å². The Balaban J connectivity index is 1.28. The molecule has 0 radical (unpaired) electrons. The Kier molecular flexibility index (Phi) is 8.07. The number of ether oxygens (including phenoxy) is 1. The van der Waals surface area contributed by atoms with Gasteiger partial charge in [0.1, 0.15) is 17.7 Å². The molecule has 9 heteroatoms. The minimum absolute atomic E-state index is 0.00925. The summed E-state index contributed by atoms with van der Waals surface area (Å²) < 4.78 is 5.09. The van der Waals surface area contributed by atoms with Crippen LogP contribution in [0.25, 0.3) is 11.1 Å².